The lowest BCUT2D eigenvalue weighted by atomic mass is 10.1. The van der Waals surface area contributed by atoms with Crippen molar-refractivity contribution >= 4 is 22.8 Å². The summed E-state index contributed by atoms with van der Waals surface area (Å²) >= 11 is 0. The molecule has 4 N–H and O–H groups in total. The molecule has 0 radical (unpaired) electrons. The summed E-state index contributed by atoms with van der Waals surface area (Å²) < 4.78 is 15.8. The summed E-state index contributed by atoms with van der Waals surface area (Å²) in [6.07, 6.45) is 1.11. The van der Waals surface area contributed by atoms with Crippen LogP contribution in [0.5, 0.6) is 11.5 Å². The number of benzene rings is 3. The normalized spacial score (nSPS) is 10.9. The van der Waals surface area contributed by atoms with Crippen LogP contribution in [-0.2, 0) is 6.54 Å². The molecule has 5 rings (SSSR count). The largest absolute Gasteiger partial charge is 0.508 e. The number of nitrogens with one attached hydrogen (secondary N) is 2. The Hall–Kier alpha value is -4.85. The zero-order valence-electron chi connectivity index (χ0n) is 18.6. The summed E-state index contributed by atoms with van der Waals surface area (Å²) in [5, 5.41) is 30.6. The van der Waals surface area contributed by atoms with E-state index in [2.05, 4.69) is 27.3 Å². The fourth-order valence-electron chi connectivity index (χ4n) is 3.78. The molecule has 0 fully saturated rings. The highest BCUT2D eigenvalue weighted by molar-refractivity contribution is 5.76. The molecule has 5 aromatic rings. The van der Waals surface area contributed by atoms with E-state index >= 15 is 0 Å². The van der Waals surface area contributed by atoms with Gasteiger partial charge < -0.3 is 20.8 Å². The van der Waals surface area contributed by atoms with Crippen molar-refractivity contribution in [1.29, 1.82) is 0 Å². The molecule has 2 heterocycles. The van der Waals surface area contributed by atoms with Crippen LogP contribution < -0.4 is 10.6 Å². The molecule has 0 atom stereocenters. The molecular formula is C27H22FN5O2. The van der Waals surface area contributed by atoms with E-state index < -0.39 is 5.82 Å². The predicted molar refractivity (Wildman–Crippen MR) is 135 cm³/mol. The molecule has 0 unspecified atom stereocenters. The van der Waals surface area contributed by atoms with E-state index in [0.29, 0.717) is 29.3 Å². The van der Waals surface area contributed by atoms with Crippen LogP contribution in [0, 0.1) is 5.82 Å². The fourth-order valence-corrected chi connectivity index (χ4v) is 3.78. The number of hydrogen-bond donors (Lipinski definition) is 4. The lowest BCUT2D eigenvalue weighted by molar-refractivity contribution is 0.475. The van der Waals surface area contributed by atoms with Gasteiger partial charge in [-0.3, -0.25) is 0 Å². The van der Waals surface area contributed by atoms with E-state index in [4.69, 9.17) is 0 Å². The second-order valence-electron chi connectivity index (χ2n) is 7.98. The molecule has 174 valence electrons. The number of rotatable bonds is 7. The molecule has 7 nitrogen and oxygen atoms in total. The maximum atomic E-state index is 14.4. The van der Waals surface area contributed by atoms with Gasteiger partial charge in [-0.2, -0.15) is 9.61 Å². The minimum Gasteiger partial charge on any atom is -0.508 e. The lowest BCUT2D eigenvalue weighted by Crippen LogP contribution is -2.07. The molecular weight excluding hydrogens is 445 g/mol. The number of phenols is 2. The third-order valence-electron chi connectivity index (χ3n) is 5.50. The van der Waals surface area contributed by atoms with Crippen LogP contribution in [0.4, 0.5) is 15.9 Å². The van der Waals surface area contributed by atoms with Crippen molar-refractivity contribution in [2.45, 2.75) is 6.54 Å². The van der Waals surface area contributed by atoms with Gasteiger partial charge in [0.25, 0.3) is 0 Å². The molecule has 0 bridgehead atoms. The third kappa shape index (κ3) is 4.63. The van der Waals surface area contributed by atoms with Crippen molar-refractivity contribution in [3.05, 3.63) is 109 Å². The molecule has 0 saturated carbocycles. The van der Waals surface area contributed by atoms with Crippen molar-refractivity contribution in [1.82, 2.24) is 14.6 Å². The van der Waals surface area contributed by atoms with Crippen molar-refractivity contribution in [2.24, 2.45) is 0 Å². The Balaban J connectivity index is 1.39. The average molecular weight is 468 g/mol. The van der Waals surface area contributed by atoms with Crippen molar-refractivity contribution in [3.8, 4) is 22.8 Å². The Bertz CT molecular complexity index is 1550. The first-order valence-corrected chi connectivity index (χ1v) is 10.9. The lowest BCUT2D eigenvalue weighted by Gasteiger charge is -2.13. The van der Waals surface area contributed by atoms with Crippen LogP contribution in [0.15, 0.2) is 91.6 Å². The maximum absolute atomic E-state index is 14.4. The number of fused-ring (bicyclic) bond motifs is 1. The zero-order chi connectivity index (χ0) is 24.4. The van der Waals surface area contributed by atoms with E-state index in [1.54, 1.807) is 48.5 Å². The van der Waals surface area contributed by atoms with Crippen molar-refractivity contribution in [3.63, 3.8) is 0 Å². The molecule has 0 aliphatic rings. The molecule has 35 heavy (non-hydrogen) atoms. The monoisotopic (exact) mass is 467 g/mol. The molecule has 0 saturated heterocycles. The van der Waals surface area contributed by atoms with Crippen molar-refractivity contribution < 1.29 is 14.6 Å². The van der Waals surface area contributed by atoms with Crippen LogP contribution >= 0.6 is 0 Å². The Morgan fingerprint density at radius 2 is 1.80 bits per heavy atom. The van der Waals surface area contributed by atoms with Crippen LogP contribution in [0.25, 0.3) is 22.6 Å². The van der Waals surface area contributed by atoms with Crippen LogP contribution in [0.2, 0.25) is 0 Å². The van der Waals surface area contributed by atoms with Gasteiger partial charge in [0.05, 0.1) is 11.9 Å². The molecule has 0 aliphatic carbocycles. The third-order valence-corrected chi connectivity index (χ3v) is 5.50. The predicted octanol–water partition coefficient (Wildman–Crippen LogP) is 5.64. The van der Waals surface area contributed by atoms with Gasteiger partial charge in [0, 0.05) is 35.1 Å². The fraction of sp³-hybridized carbons (Fsp3) is 0.0370. The molecule has 8 heteroatoms. The summed E-state index contributed by atoms with van der Waals surface area (Å²) in [4.78, 5) is 4.35. The topological polar surface area (TPSA) is 94.7 Å². The SMILES string of the molecule is C=C(Nc1cccc(CNc2cc(-c3ccccc3O)nc3c(F)cnn23)c1)c1cccc(O)c1. The molecule has 0 aliphatic heterocycles. The summed E-state index contributed by atoms with van der Waals surface area (Å²) in [5.74, 6) is 0.202. The Morgan fingerprint density at radius 1 is 0.971 bits per heavy atom. The number of nitrogens with zero attached hydrogens (tertiary/aromatic N) is 3. The van der Waals surface area contributed by atoms with E-state index in [1.165, 1.54) is 4.52 Å². The maximum Gasteiger partial charge on any atom is 0.194 e. The highest BCUT2D eigenvalue weighted by atomic mass is 19.1. The summed E-state index contributed by atoms with van der Waals surface area (Å²) in [6.45, 7) is 4.48. The molecule has 2 aromatic heterocycles. The number of anilines is 2. The first-order valence-electron chi connectivity index (χ1n) is 10.9. The van der Waals surface area contributed by atoms with Gasteiger partial charge in [-0.1, -0.05) is 43.0 Å². The second-order valence-corrected chi connectivity index (χ2v) is 7.98. The van der Waals surface area contributed by atoms with E-state index in [0.717, 1.165) is 23.0 Å². The Labute approximate surface area is 200 Å². The number of hydrogen-bond acceptors (Lipinski definition) is 6. The Morgan fingerprint density at radius 3 is 2.63 bits per heavy atom. The van der Waals surface area contributed by atoms with Crippen LogP contribution in [0.3, 0.4) is 0 Å². The van der Waals surface area contributed by atoms with Gasteiger partial charge in [-0.05, 0) is 42.0 Å². The van der Waals surface area contributed by atoms with Gasteiger partial charge in [-0.15, -0.1) is 0 Å². The number of halogens is 1. The van der Waals surface area contributed by atoms with Gasteiger partial charge in [-0.25, -0.2) is 9.37 Å². The summed E-state index contributed by atoms with van der Waals surface area (Å²) in [5.41, 5.74) is 4.21. The van der Waals surface area contributed by atoms with E-state index in [1.807, 2.05) is 30.3 Å². The van der Waals surface area contributed by atoms with Gasteiger partial charge in [0.15, 0.2) is 11.5 Å². The van der Waals surface area contributed by atoms with Crippen LogP contribution in [-0.4, -0.2) is 24.8 Å². The zero-order valence-corrected chi connectivity index (χ0v) is 18.6. The first-order chi connectivity index (χ1) is 17.0. The van der Waals surface area contributed by atoms with Gasteiger partial charge in [0.2, 0.25) is 0 Å². The number of para-hydroxylation sites is 1. The molecule has 3 aromatic carbocycles. The molecule has 0 spiro atoms. The average Bonchev–Trinajstić information content (AvgIpc) is 3.24. The van der Waals surface area contributed by atoms with Crippen molar-refractivity contribution in [2.75, 3.05) is 10.6 Å². The minimum absolute atomic E-state index is 0.0564. The van der Waals surface area contributed by atoms with E-state index in [9.17, 15) is 14.6 Å². The van der Waals surface area contributed by atoms with E-state index in [-0.39, 0.29) is 17.1 Å². The minimum atomic E-state index is -0.554. The highest BCUT2D eigenvalue weighted by Crippen LogP contribution is 2.30. The second kappa shape index (κ2) is 9.18. The first kappa shape index (κ1) is 22.0. The number of aromatic hydroxyl groups is 2. The Kier molecular flexibility index (Phi) is 5.76. The number of aromatic nitrogens is 3. The van der Waals surface area contributed by atoms with Gasteiger partial charge >= 0.3 is 0 Å². The smallest absolute Gasteiger partial charge is 0.194 e. The van der Waals surface area contributed by atoms with Gasteiger partial charge in [0.1, 0.15) is 17.3 Å². The van der Waals surface area contributed by atoms with Crippen LogP contribution in [0.1, 0.15) is 11.1 Å². The molecule has 0 amide bonds. The standard InChI is InChI=1S/C27H22FN5O2/c1-17(19-7-5-9-21(34)13-19)31-20-8-4-6-18(12-20)15-29-26-14-24(22-10-2-3-11-25(22)35)32-27-23(28)16-30-33(26)27/h2-14,16,29,31,34-35H,1,15H2. The summed E-state index contributed by atoms with van der Waals surface area (Å²) in [6, 6.07) is 23.1. The number of phenolic OH excluding ortho intramolecular Hbond substituents is 2. The quantitative estimate of drug-likeness (QED) is 0.247. The summed E-state index contributed by atoms with van der Waals surface area (Å²) in [7, 11) is 0. The highest BCUT2D eigenvalue weighted by Gasteiger charge is 2.14.